The number of nitrogens with zero attached hydrogens (tertiary/aromatic N) is 3. The van der Waals surface area contributed by atoms with Crippen LogP contribution in [-0.2, 0) is 35.6 Å². The molecule has 2 heterocycles. The van der Waals surface area contributed by atoms with Gasteiger partial charge in [0.25, 0.3) is 0 Å². The van der Waals surface area contributed by atoms with Crippen molar-refractivity contribution in [2.45, 2.75) is 48.8 Å². The lowest BCUT2D eigenvalue weighted by molar-refractivity contribution is -0.192. The fourth-order valence-electron chi connectivity index (χ4n) is 4.94. The van der Waals surface area contributed by atoms with E-state index >= 15 is 0 Å². The largest absolute Gasteiger partial charge is 0.490 e. The number of carboxylic acids is 2. The van der Waals surface area contributed by atoms with Gasteiger partial charge in [-0.2, -0.15) is 29.2 Å². The van der Waals surface area contributed by atoms with Crippen LogP contribution in [0.3, 0.4) is 0 Å². The van der Waals surface area contributed by atoms with Gasteiger partial charge in [-0.15, -0.1) is 0 Å². The normalized spacial score (nSPS) is 15.6. The van der Waals surface area contributed by atoms with E-state index < -0.39 is 52.7 Å². The molecule has 2 aromatic carbocycles. The zero-order valence-electron chi connectivity index (χ0n) is 25.1. The Kier molecular flexibility index (Phi) is 13.2. The highest BCUT2D eigenvalue weighted by atomic mass is 32.2. The van der Waals surface area contributed by atoms with E-state index in [0.29, 0.717) is 36.2 Å². The number of carbonyl (C=O) groups excluding carboxylic acids is 2. The Morgan fingerprint density at radius 2 is 1.83 bits per heavy atom. The lowest BCUT2D eigenvalue weighted by Gasteiger charge is -2.30. The second kappa shape index (κ2) is 16.6. The average Bonchev–Trinajstić information content (AvgIpc) is 3.70. The summed E-state index contributed by atoms with van der Waals surface area (Å²) >= 11 is 1.45. The first-order chi connectivity index (χ1) is 22.1. The van der Waals surface area contributed by atoms with E-state index in [1.807, 2.05) is 12.3 Å². The second-order valence-electron chi connectivity index (χ2n) is 10.5. The molecule has 47 heavy (non-hydrogen) atoms. The van der Waals surface area contributed by atoms with Crippen LogP contribution in [0.25, 0.3) is 10.8 Å². The van der Waals surface area contributed by atoms with Gasteiger partial charge in [-0.25, -0.2) is 23.0 Å². The monoisotopic (exact) mass is 701 g/mol. The number of H-pyrrole nitrogens is 1. The lowest BCUT2D eigenvalue weighted by Crippen LogP contribution is -2.50. The van der Waals surface area contributed by atoms with Crippen molar-refractivity contribution in [3.63, 3.8) is 0 Å². The number of likely N-dealkylation sites (tertiary alicyclic amines) is 1. The molecule has 0 aliphatic carbocycles. The highest BCUT2D eigenvalue weighted by Crippen LogP contribution is 2.28. The third-order valence-corrected chi connectivity index (χ3v) is 9.70. The number of fused-ring (bicyclic) bond motifs is 1. The van der Waals surface area contributed by atoms with Crippen LogP contribution in [0.2, 0.25) is 0 Å². The maximum atomic E-state index is 14.1. The van der Waals surface area contributed by atoms with Gasteiger partial charge >= 0.3 is 18.1 Å². The first-order valence-corrected chi connectivity index (χ1v) is 17.0. The van der Waals surface area contributed by atoms with E-state index in [1.54, 1.807) is 41.4 Å². The molecule has 4 N–H and O–H groups in total. The SMILES string of the molecule is CSCC[C@H](NC(=O)CN(C[C@@H]1CCCN1C(=O)Cc1cnc[nH]1)S(=O)(=O)c1cccc2ccccc12)C(=O)O.O=C(O)C(F)(F)F. The van der Waals surface area contributed by atoms with Gasteiger partial charge in [0.15, 0.2) is 0 Å². The first kappa shape index (κ1) is 37.3. The number of aliphatic carboxylic acids is 2. The number of carbonyl (C=O) groups is 4. The van der Waals surface area contributed by atoms with Gasteiger partial charge in [-0.1, -0.05) is 36.4 Å². The third-order valence-electron chi connectivity index (χ3n) is 7.18. The molecule has 0 spiro atoms. The Labute approximate surface area is 272 Å². The predicted molar refractivity (Wildman–Crippen MR) is 166 cm³/mol. The molecular weight excluding hydrogens is 667 g/mol. The topological polar surface area (TPSA) is 190 Å². The number of thioether (sulfide) groups is 1. The molecule has 13 nitrogen and oxygen atoms in total. The molecule has 1 aromatic heterocycles. The van der Waals surface area contributed by atoms with Gasteiger partial charge in [0.1, 0.15) is 6.04 Å². The van der Waals surface area contributed by atoms with Crippen molar-refractivity contribution in [3.05, 3.63) is 60.7 Å². The first-order valence-electron chi connectivity index (χ1n) is 14.2. The van der Waals surface area contributed by atoms with Gasteiger partial charge in [-0.3, -0.25) is 9.59 Å². The number of benzene rings is 2. The maximum Gasteiger partial charge on any atom is 0.490 e. The van der Waals surface area contributed by atoms with Crippen molar-refractivity contribution in [1.82, 2.24) is 24.5 Å². The summed E-state index contributed by atoms with van der Waals surface area (Å²) in [7, 11) is -4.22. The Bertz CT molecular complexity index is 1650. The fourth-order valence-corrected chi connectivity index (χ4v) is 7.05. The molecule has 3 aromatic rings. The Morgan fingerprint density at radius 1 is 1.15 bits per heavy atom. The van der Waals surface area contributed by atoms with E-state index in [0.717, 1.165) is 9.69 Å². The maximum absolute atomic E-state index is 14.1. The second-order valence-corrected chi connectivity index (χ2v) is 13.3. The summed E-state index contributed by atoms with van der Waals surface area (Å²) in [5.41, 5.74) is 0.653. The molecule has 4 rings (SSSR count). The summed E-state index contributed by atoms with van der Waals surface area (Å²) in [5.74, 6) is -4.30. The molecule has 256 valence electrons. The van der Waals surface area contributed by atoms with E-state index in [4.69, 9.17) is 9.90 Å². The van der Waals surface area contributed by atoms with Gasteiger partial charge in [0, 0.05) is 36.4 Å². The van der Waals surface area contributed by atoms with Crippen molar-refractivity contribution in [2.75, 3.05) is 31.6 Å². The Morgan fingerprint density at radius 3 is 2.45 bits per heavy atom. The average molecular weight is 702 g/mol. The summed E-state index contributed by atoms with van der Waals surface area (Å²) < 4.78 is 61.0. The van der Waals surface area contributed by atoms with Crippen LogP contribution in [0.4, 0.5) is 13.2 Å². The number of aromatic nitrogens is 2. The molecule has 0 bridgehead atoms. The molecule has 0 unspecified atom stereocenters. The number of carboxylic acid groups (broad SMARTS) is 2. The van der Waals surface area contributed by atoms with Gasteiger partial charge in [-0.05, 0) is 42.7 Å². The van der Waals surface area contributed by atoms with Crippen LogP contribution < -0.4 is 5.32 Å². The minimum Gasteiger partial charge on any atom is -0.480 e. The summed E-state index contributed by atoms with van der Waals surface area (Å²) in [5, 5.41) is 20.4. The Hall–Kier alpha value is -4.16. The number of imidazole rings is 1. The highest BCUT2D eigenvalue weighted by molar-refractivity contribution is 7.98. The number of nitrogens with one attached hydrogen (secondary N) is 2. The van der Waals surface area contributed by atoms with Gasteiger partial charge in [0.2, 0.25) is 21.8 Å². The smallest absolute Gasteiger partial charge is 0.480 e. The van der Waals surface area contributed by atoms with E-state index in [9.17, 15) is 41.1 Å². The van der Waals surface area contributed by atoms with Crippen molar-refractivity contribution >= 4 is 56.3 Å². The number of halogens is 3. The molecule has 1 aliphatic heterocycles. The molecule has 1 aliphatic rings. The number of alkyl halides is 3. The summed E-state index contributed by atoms with van der Waals surface area (Å²) in [4.78, 5) is 55.4. The fraction of sp³-hybridized carbons (Fsp3) is 0.414. The van der Waals surface area contributed by atoms with E-state index in [-0.39, 0.29) is 30.2 Å². The lowest BCUT2D eigenvalue weighted by atomic mass is 10.1. The molecule has 1 fully saturated rings. The molecule has 1 saturated heterocycles. The number of sulfonamides is 1. The number of rotatable bonds is 13. The molecule has 0 saturated carbocycles. The number of aromatic amines is 1. The van der Waals surface area contributed by atoms with Crippen molar-refractivity contribution in [1.29, 1.82) is 0 Å². The molecule has 2 atom stereocenters. The van der Waals surface area contributed by atoms with Crippen molar-refractivity contribution in [3.8, 4) is 0 Å². The van der Waals surface area contributed by atoms with E-state index in [2.05, 4.69) is 15.3 Å². The van der Waals surface area contributed by atoms with Crippen LogP contribution in [0.1, 0.15) is 25.0 Å². The van der Waals surface area contributed by atoms with Crippen LogP contribution >= 0.6 is 11.8 Å². The van der Waals surface area contributed by atoms with Gasteiger partial charge in [0.05, 0.1) is 24.2 Å². The van der Waals surface area contributed by atoms with Crippen LogP contribution in [-0.4, -0.2) is 111 Å². The highest BCUT2D eigenvalue weighted by Gasteiger charge is 2.38. The van der Waals surface area contributed by atoms with Crippen molar-refractivity contribution in [2.24, 2.45) is 0 Å². The van der Waals surface area contributed by atoms with Crippen LogP contribution in [0.15, 0.2) is 59.9 Å². The number of hydrogen-bond donors (Lipinski definition) is 4. The Balaban J connectivity index is 0.000000771. The molecule has 0 radical (unpaired) electrons. The quantitative estimate of drug-likeness (QED) is 0.206. The standard InChI is InChI=1S/C27H33N5O6S2.C2HF3O2/c1-39-13-11-23(27(35)36)30-25(33)17-31(40(37,38)24-10-4-7-19-6-2-3-9-22(19)24)16-21-8-5-12-32(21)26(34)14-20-15-28-18-29-20;3-2(4,5)1(6)7/h2-4,6-7,9-10,15,18,21,23H,5,8,11-14,16-17H2,1H3,(H,28,29)(H,30,33)(H,35,36);(H,6,7)/t21-,23-;/m0./s1. The molecular formula is C29H34F3N5O8S2. The zero-order chi connectivity index (χ0) is 34.8. The summed E-state index contributed by atoms with van der Waals surface area (Å²) in [6.07, 6.45) is 1.39. The predicted octanol–water partition coefficient (Wildman–Crippen LogP) is 2.74. The van der Waals surface area contributed by atoms with Crippen LogP contribution in [0.5, 0.6) is 0 Å². The summed E-state index contributed by atoms with van der Waals surface area (Å²) in [6, 6.07) is 10.4. The minimum atomic E-state index is -5.08. The number of amides is 2. The number of hydrogen-bond acceptors (Lipinski definition) is 8. The van der Waals surface area contributed by atoms with Crippen molar-refractivity contribution < 1.29 is 51.0 Å². The third kappa shape index (κ3) is 10.4. The van der Waals surface area contributed by atoms with Crippen LogP contribution in [0, 0.1) is 0 Å². The molecule has 2 amide bonds. The van der Waals surface area contributed by atoms with E-state index in [1.165, 1.54) is 24.2 Å². The zero-order valence-corrected chi connectivity index (χ0v) is 26.8. The summed E-state index contributed by atoms with van der Waals surface area (Å²) in [6.45, 7) is -0.203. The minimum absolute atomic E-state index is 0.0453. The molecule has 18 heteroatoms. The van der Waals surface area contributed by atoms with Gasteiger partial charge < -0.3 is 25.4 Å².